The summed E-state index contributed by atoms with van der Waals surface area (Å²) in [5.74, 6) is 0.121. The molecule has 1 heterocycles. The van der Waals surface area contributed by atoms with E-state index in [1.54, 1.807) is 36.4 Å². The van der Waals surface area contributed by atoms with Gasteiger partial charge in [-0.25, -0.2) is 4.98 Å². The SMILES string of the molecule is Cc1ccc(Nc2ncc(C(F)(F)F)c(Nc3ccccc3OC(C)C)n2)cc1. The van der Waals surface area contributed by atoms with E-state index in [2.05, 4.69) is 20.6 Å². The van der Waals surface area contributed by atoms with Gasteiger partial charge in [0.2, 0.25) is 5.95 Å². The predicted molar refractivity (Wildman–Crippen MR) is 107 cm³/mol. The second kappa shape index (κ2) is 8.38. The number of para-hydroxylation sites is 2. The number of nitrogens with one attached hydrogen (secondary N) is 2. The highest BCUT2D eigenvalue weighted by atomic mass is 19.4. The Bertz CT molecular complexity index is 972. The van der Waals surface area contributed by atoms with Crippen LogP contribution in [0.1, 0.15) is 25.0 Å². The molecular weight excluding hydrogens is 381 g/mol. The highest BCUT2D eigenvalue weighted by molar-refractivity contribution is 5.67. The number of alkyl halides is 3. The summed E-state index contributed by atoms with van der Waals surface area (Å²) >= 11 is 0. The van der Waals surface area contributed by atoms with Crippen LogP contribution in [0.15, 0.2) is 54.7 Å². The molecule has 0 saturated heterocycles. The van der Waals surface area contributed by atoms with Crippen molar-refractivity contribution in [2.24, 2.45) is 0 Å². The molecule has 0 spiro atoms. The Morgan fingerprint density at radius 3 is 2.31 bits per heavy atom. The number of hydrogen-bond acceptors (Lipinski definition) is 5. The molecule has 3 aromatic rings. The van der Waals surface area contributed by atoms with E-state index in [-0.39, 0.29) is 17.9 Å². The summed E-state index contributed by atoms with van der Waals surface area (Å²) in [6.07, 6.45) is -3.99. The number of hydrogen-bond donors (Lipinski definition) is 2. The lowest BCUT2D eigenvalue weighted by atomic mass is 10.2. The van der Waals surface area contributed by atoms with E-state index in [1.807, 2.05) is 32.9 Å². The van der Waals surface area contributed by atoms with Gasteiger partial charge in [0.25, 0.3) is 0 Å². The summed E-state index contributed by atoms with van der Waals surface area (Å²) in [6.45, 7) is 5.62. The molecule has 0 amide bonds. The standard InChI is InChI=1S/C21H21F3N4O/c1-13(2)29-18-7-5-4-6-17(18)27-19-16(21(22,23)24)12-25-20(28-19)26-15-10-8-14(3)9-11-15/h4-13H,1-3H3,(H2,25,26,27,28). The second-order valence-electron chi connectivity index (χ2n) is 6.73. The van der Waals surface area contributed by atoms with Crippen molar-refractivity contribution in [1.82, 2.24) is 9.97 Å². The summed E-state index contributed by atoms with van der Waals surface area (Å²) in [5, 5.41) is 5.67. The minimum Gasteiger partial charge on any atom is -0.489 e. The summed E-state index contributed by atoms with van der Waals surface area (Å²) in [4.78, 5) is 7.89. The minimum absolute atomic E-state index is 0.0478. The Hall–Kier alpha value is -3.29. The average Bonchev–Trinajstić information content (AvgIpc) is 2.64. The monoisotopic (exact) mass is 402 g/mol. The van der Waals surface area contributed by atoms with Crippen LogP contribution >= 0.6 is 0 Å². The molecule has 0 atom stereocenters. The van der Waals surface area contributed by atoms with E-state index >= 15 is 0 Å². The number of halogens is 3. The van der Waals surface area contributed by atoms with Crippen molar-refractivity contribution in [3.05, 3.63) is 65.9 Å². The Morgan fingerprint density at radius 1 is 0.966 bits per heavy atom. The van der Waals surface area contributed by atoms with Crippen LogP contribution in [0.4, 0.5) is 36.3 Å². The Labute approximate surface area is 167 Å². The number of aromatic nitrogens is 2. The van der Waals surface area contributed by atoms with Gasteiger partial charge >= 0.3 is 6.18 Å². The molecule has 2 aromatic carbocycles. The first-order chi connectivity index (χ1) is 13.7. The molecule has 1 aromatic heterocycles. The van der Waals surface area contributed by atoms with Crippen molar-refractivity contribution in [2.45, 2.75) is 33.1 Å². The van der Waals surface area contributed by atoms with Crippen molar-refractivity contribution in [1.29, 1.82) is 0 Å². The first kappa shape index (κ1) is 20.4. The lowest BCUT2D eigenvalue weighted by molar-refractivity contribution is -0.137. The largest absolute Gasteiger partial charge is 0.489 e. The lowest BCUT2D eigenvalue weighted by Crippen LogP contribution is -2.13. The van der Waals surface area contributed by atoms with Crippen LogP contribution in [0.25, 0.3) is 0 Å². The predicted octanol–water partition coefficient (Wildman–Crippen LogP) is 6.08. The molecule has 0 unspecified atom stereocenters. The normalized spacial score (nSPS) is 11.4. The Morgan fingerprint density at radius 2 is 1.66 bits per heavy atom. The zero-order valence-electron chi connectivity index (χ0n) is 16.2. The van der Waals surface area contributed by atoms with Gasteiger partial charge in [-0.2, -0.15) is 18.2 Å². The zero-order chi connectivity index (χ0) is 21.0. The molecule has 0 bridgehead atoms. The molecule has 152 valence electrons. The van der Waals surface area contributed by atoms with Crippen LogP contribution in [0, 0.1) is 6.92 Å². The number of ether oxygens (including phenoxy) is 1. The van der Waals surface area contributed by atoms with E-state index in [1.165, 1.54) is 0 Å². The number of benzene rings is 2. The number of nitrogens with zero attached hydrogens (tertiary/aromatic N) is 2. The summed E-state index contributed by atoms with van der Waals surface area (Å²) in [6, 6.07) is 14.1. The van der Waals surface area contributed by atoms with Crippen LogP contribution in [-0.2, 0) is 6.18 Å². The van der Waals surface area contributed by atoms with Gasteiger partial charge in [-0.05, 0) is 45.0 Å². The third-order valence-electron chi connectivity index (χ3n) is 3.90. The van der Waals surface area contributed by atoms with Crippen molar-refractivity contribution in [3.63, 3.8) is 0 Å². The fourth-order valence-electron chi connectivity index (χ4n) is 2.56. The summed E-state index contributed by atoms with van der Waals surface area (Å²) < 4.78 is 46.2. The summed E-state index contributed by atoms with van der Waals surface area (Å²) in [7, 11) is 0. The van der Waals surface area contributed by atoms with Crippen LogP contribution < -0.4 is 15.4 Å². The van der Waals surface area contributed by atoms with Gasteiger partial charge in [-0.1, -0.05) is 29.8 Å². The maximum absolute atomic E-state index is 13.5. The second-order valence-corrected chi connectivity index (χ2v) is 6.73. The molecule has 3 rings (SSSR count). The number of rotatable bonds is 6. The highest BCUT2D eigenvalue weighted by Crippen LogP contribution is 2.37. The summed E-state index contributed by atoms with van der Waals surface area (Å²) in [5.41, 5.74) is 1.15. The molecule has 0 aliphatic carbocycles. The van der Waals surface area contributed by atoms with Crippen molar-refractivity contribution < 1.29 is 17.9 Å². The van der Waals surface area contributed by atoms with Gasteiger partial charge in [0.15, 0.2) is 0 Å². The van der Waals surface area contributed by atoms with Gasteiger partial charge in [0.05, 0.1) is 11.8 Å². The number of aryl methyl sites for hydroxylation is 1. The van der Waals surface area contributed by atoms with Gasteiger partial charge in [0, 0.05) is 11.9 Å². The molecule has 29 heavy (non-hydrogen) atoms. The van der Waals surface area contributed by atoms with Crippen molar-refractivity contribution in [3.8, 4) is 5.75 Å². The van der Waals surface area contributed by atoms with Gasteiger partial charge in [-0.3, -0.25) is 0 Å². The quantitative estimate of drug-likeness (QED) is 0.523. The molecule has 2 N–H and O–H groups in total. The third kappa shape index (κ3) is 5.37. The first-order valence-electron chi connectivity index (χ1n) is 9.03. The molecule has 0 aliphatic heterocycles. The third-order valence-corrected chi connectivity index (χ3v) is 3.90. The van der Waals surface area contributed by atoms with Crippen molar-refractivity contribution in [2.75, 3.05) is 10.6 Å². The molecular formula is C21H21F3N4O. The maximum atomic E-state index is 13.5. The van der Waals surface area contributed by atoms with Gasteiger partial charge < -0.3 is 15.4 Å². The van der Waals surface area contributed by atoms with E-state index in [9.17, 15) is 13.2 Å². The molecule has 5 nitrogen and oxygen atoms in total. The number of anilines is 4. The van der Waals surface area contributed by atoms with E-state index < -0.39 is 11.7 Å². The lowest BCUT2D eigenvalue weighted by Gasteiger charge is -2.18. The molecule has 8 heteroatoms. The zero-order valence-corrected chi connectivity index (χ0v) is 16.2. The Balaban J connectivity index is 1.96. The molecule has 0 saturated carbocycles. The Kier molecular flexibility index (Phi) is 5.91. The van der Waals surface area contributed by atoms with Gasteiger partial charge in [0.1, 0.15) is 17.1 Å². The smallest absolute Gasteiger partial charge is 0.421 e. The average molecular weight is 402 g/mol. The minimum atomic E-state index is -4.61. The molecule has 0 aliphatic rings. The maximum Gasteiger partial charge on any atom is 0.421 e. The van der Waals surface area contributed by atoms with Crippen LogP contribution in [0.3, 0.4) is 0 Å². The topological polar surface area (TPSA) is 59.1 Å². The van der Waals surface area contributed by atoms with E-state index in [0.29, 0.717) is 17.1 Å². The van der Waals surface area contributed by atoms with Crippen LogP contribution in [-0.4, -0.2) is 16.1 Å². The van der Waals surface area contributed by atoms with Gasteiger partial charge in [-0.15, -0.1) is 0 Å². The van der Waals surface area contributed by atoms with Crippen molar-refractivity contribution >= 4 is 23.1 Å². The fourth-order valence-corrected chi connectivity index (χ4v) is 2.56. The molecule has 0 fully saturated rings. The molecule has 0 radical (unpaired) electrons. The van der Waals surface area contributed by atoms with E-state index in [4.69, 9.17) is 4.74 Å². The van der Waals surface area contributed by atoms with E-state index in [0.717, 1.165) is 11.8 Å². The highest BCUT2D eigenvalue weighted by Gasteiger charge is 2.35. The van der Waals surface area contributed by atoms with Crippen LogP contribution in [0.2, 0.25) is 0 Å². The first-order valence-corrected chi connectivity index (χ1v) is 9.03. The fraction of sp³-hybridized carbons (Fsp3) is 0.238. The van der Waals surface area contributed by atoms with Crippen LogP contribution in [0.5, 0.6) is 5.75 Å².